The molecule has 6 saturated heterocycles. The Morgan fingerprint density at radius 3 is 1.35 bits per heavy atom. The second-order valence-corrected chi connectivity index (χ2v) is 30.5. The molecule has 3 aromatic carbocycles. The lowest BCUT2D eigenvalue weighted by Gasteiger charge is -2.39. The Hall–Kier alpha value is -8.97. The molecular formula is C72H109N15O13S. The zero-order valence-electron chi connectivity index (χ0n) is 61.4. The standard InChI is InChI=1S/C12H22N4O.C12H13N3O.C11H13N3O2S.C11H14O2.C9H18N2O2.C9H14N2O2.C8H15NO3/c1-4-9(2)11(14-3)12(17)15-5-10-6-16(7-10)8-13;13-9-15-7-10(8-15)6-14-12(16)11-4-2-1-3-5-11;12-9-14-7-10(8-14)6-13-17(15,16)11-4-2-1-3-5-11;1-9(2)11(12)13-8-10-6-4-3-5-7-10;2*1-9(2,3)13-8(12)11-5-7(4-10)6-11;1-8(2,3)12-7(11)9-4-6(10)5-9/h9-11,14H,4-7H2,1-3H3,(H,15,17);1-5,10H,6-8H2,(H,14,16);1-5,10,13H,6-8H2;3-7,9H,8H2,1-2H3;7H,4-6,10H2,1-3H3;7H,5-6H2,1-3H3;6,10H,4-5H2,1-3H3/t9-,11-;;;;;;/m0....../s1. The number of β-amino-alcohol motifs (C(OH)–C–C–N with tert-alkyl or cyclic N) is 1. The Labute approximate surface area is 598 Å². The van der Waals surface area contributed by atoms with Crippen molar-refractivity contribution in [1.29, 1.82) is 21.0 Å². The van der Waals surface area contributed by atoms with Crippen LogP contribution in [0.1, 0.15) is 112 Å². The lowest BCUT2D eigenvalue weighted by molar-refractivity contribution is -0.148. The Kier molecular flexibility index (Phi) is 36.1. The number of benzene rings is 3. The number of likely N-dealkylation sites (tertiary alicyclic amines) is 6. The molecule has 6 fully saturated rings. The highest BCUT2D eigenvalue weighted by Crippen LogP contribution is 2.22. The fourth-order valence-corrected chi connectivity index (χ4v) is 10.6. The molecule has 0 radical (unpaired) electrons. The topological polar surface area (TPSA) is 382 Å². The van der Waals surface area contributed by atoms with Gasteiger partial charge in [-0.15, -0.1) is 0 Å². The molecule has 29 heteroatoms. The number of aliphatic hydroxyl groups excluding tert-OH is 1. The Balaban J connectivity index is 0.000000308. The highest BCUT2D eigenvalue weighted by Gasteiger charge is 2.36. The summed E-state index contributed by atoms with van der Waals surface area (Å²) in [6, 6.07) is 29.1. The molecule has 101 heavy (non-hydrogen) atoms. The van der Waals surface area contributed by atoms with Crippen LogP contribution in [0, 0.1) is 87.1 Å². The summed E-state index contributed by atoms with van der Waals surface area (Å²) in [5.41, 5.74) is 5.85. The number of carbonyl (C=O) groups is 6. The van der Waals surface area contributed by atoms with Gasteiger partial charge in [-0.25, -0.2) is 27.5 Å². The van der Waals surface area contributed by atoms with Crippen molar-refractivity contribution in [3.8, 4) is 24.6 Å². The first-order valence-corrected chi connectivity index (χ1v) is 35.6. The Bertz CT molecular complexity index is 3310. The quantitative estimate of drug-likeness (QED) is 0.0475. The molecule has 2 atom stereocenters. The first kappa shape index (κ1) is 86.3. The molecule has 0 aliphatic carbocycles. The number of nitrogens with two attached hydrogens (primary N) is 1. The summed E-state index contributed by atoms with van der Waals surface area (Å²) in [6.07, 6.45) is 5.90. The third kappa shape index (κ3) is 33.4. The van der Waals surface area contributed by atoms with Crippen LogP contribution in [-0.4, -0.2) is 220 Å². The molecule has 3 aromatic rings. The number of carbonyl (C=O) groups excluding carboxylic acids is 6. The second kappa shape index (κ2) is 42.3. The van der Waals surface area contributed by atoms with E-state index < -0.39 is 26.8 Å². The number of esters is 1. The van der Waals surface area contributed by atoms with Crippen molar-refractivity contribution in [2.45, 2.75) is 137 Å². The maximum Gasteiger partial charge on any atom is 0.410 e. The fraction of sp³-hybridized carbons (Fsp3) is 0.611. The number of sulfonamides is 1. The van der Waals surface area contributed by atoms with Gasteiger partial charge in [0.25, 0.3) is 5.91 Å². The fourth-order valence-electron chi connectivity index (χ4n) is 9.50. The molecular weight excluding hydrogens is 1310 g/mol. The van der Waals surface area contributed by atoms with Gasteiger partial charge in [0, 0.05) is 114 Å². The first-order valence-electron chi connectivity index (χ1n) is 34.1. The number of hydrogen-bond acceptors (Lipinski definition) is 22. The van der Waals surface area contributed by atoms with E-state index in [9.17, 15) is 37.2 Å². The predicted octanol–water partition coefficient (Wildman–Crippen LogP) is 6.53. The monoisotopic (exact) mass is 1420 g/mol. The third-order valence-electron chi connectivity index (χ3n) is 15.7. The average molecular weight is 1420 g/mol. The molecule has 0 unspecified atom stereocenters. The Morgan fingerprint density at radius 1 is 0.574 bits per heavy atom. The predicted molar refractivity (Wildman–Crippen MR) is 380 cm³/mol. The van der Waals surface area contributed by atoms with E-state index in [4.69, 9.17) is 50.8 Å². The molecule has 7 N–H and O–H groups in total. The van der Waals surface area contributed by atoms with Crippen LogP contribution in [0.25, 0.3) is 0 Å². The molecule has 5 amide bonds. The van der Waals surface area contributed by atoms with Crippen LogP contribution in [0.5, 0.6) is 0 Å². The summed E-state index contributed by atoms with van der Waals surface area (Å²) >= 11 is 0. The lowest BCUT2D eigenvalue weighted by Crippen LogP contribution is -2.54. The van der Waals surface area contributed by atoms with E-state index in [0.717, 1.165) is 51.3 Å². The van der Waals surface area contributed by atoms with Crippen LogP contribution < -0.4 is 26.4 Å². The van der Waals surface area contributed by atoms with E-state index in [1.54, 1.807) is 67.0 Å². The van der Waals surface area contributed by atoms with Gasteiger partial charge < -0.3 is 75.1 Å². The molecule has 28 nitrogen and oxygen atoms in total. The van der Waals surface area contributed by atoms with Crippen LogP contribution in [0.15, 0.2) is 95.9 Å². The molecule has 556 valence electrons. The number of nitrogens with zero attached hydrogens (tertiary/aromatic N) is 10. The van der Waals surface area contributed by atoms with Crippen molar-refractivity contribution in [1.82, 2.24) is 50.1 Å². The number of ether oxygens (including phenoxy) is 4. The van der Waals surface area contributed by atoms with Crippen molar-refractivity contribution < 1.29 is 61.2 Å². The summed E-state index contributed by atoms with van der Waals surface area (Å²) in [5, 5.41) is 52.0. The largest absolute Gasteiger partial charge is 0.461 e. The minimum atomic E-state index is -3.41. The summed E-state index contributed by atoms with van der Waals surface area (Å²) in [5.74, 6) is 1.67. The van der Waals surface area contributed by atoms with E-state index in [2.05, 4.69) is 53.0 Å². The maximum absolute atomic E-state index is 11.9. The molecule has 0 bridgehead atoms. The number of likely N-dealkylation sites (N-methyl/N-ethyl adjacent to an activating group) is 1. The zero-order valence-corrected chi connectivity index (χ0v) is 62.2. The van der Waals surface area contributed by atoms with Gasteiger partial charge in [0.05, 0.1) is 48.0 Å². The number of nitrogens with one attached hydrogen (secondary N) is 4. The van der Waals surface area contributed by atoms with E-state index in [1.807, 2.05) is 138 Å². The normalized spacial score (nSPS) is 16.5. The average Bonchev–Trinajstić information content (AvgIpc) is 0.850. The number of aliphatic hydroxyl groups is 1. The van der Waals surface area contributed by atoms with Gasteiger partial charge in [-0.1, -0.05) is 101 Å². The third-order valence-corrected chi connectivity index (χ3v) is 17.2. The first-order chi connectivity index (χ1) is 47.4. The molecule has 6 aliphatic heterocycles. The summed E-state index contributed by atoms with van der Waals surface area (Å²) in [4.78, 5) is 78.5. The smallest absolute Gasteiger partial charge is 0.410 e. The van der Waals surface area contributed by atoms with Gasteiger partial charge in [-0.05, 0) is 112 Å². The van der Waals surface area contributed by atoms with Gasteiger partial charge in [-0.2, -0.15) is 21.0 Å². The van der Waals surface area contributed by atoms with Gasteiger partial charge >= 0.3 is 24.2 Å². The molecule has 0 spiro atoms. The minimum absolute atomic E-state index is 0.00693. The minimum Gasteiger partial charge on any atom is -0.461 e. The van der Waals surface area contributed by atoms with Crippen molar-refractivity contribution in [3.63, 3.8) is 0 Å². The van der Waals surface area contributed by atoms with Crippen LogP contribution in [-0.2, 0) is 45.2 Å². The maximum atomic E-state index is 11.9. The van der Waals surface area contributed by atoms with E-state index in [1.165, 1.54) is 4.90 Å². The van der Waals surface area contributed by atoms with Gasteiger partial charge in [-0.3, -0.25) is 14.4 Å². The summed E-state index contributed by atoms with van der Waals surface area (Å²) in [7, 11) is -1.59. The number of amides is 5. The van der Waals surface area contributed by atoms with Crippen molar-refractivity contribution in [3.05, 3.63) is 102 Å². The highest BCUT2D eigenvalue weighted by molar-refractivity contribution is 7.89. The van der Waals surface area contributed by atoms with E-state index in [-0.39, 0.29) is 70.9 Å². The number of rotatable bonds is 17. The van der Waals surface area contributed by atoms with Crippen molar-refractivity contribution >= 4 is 46.1 Å². The molecule has 6 heterocycles. The van der Waals surface area contributed by atoms with Gasteiger partial charge in [0.1, 0.15) is 23.4 Å². The molecule has 0 aromatic heterocycles. The number of hydrogen-bond donors (Lipinski definition) is 6. The van der Waals surface area contributed by atoms with Crippen LogP contribution in [0.3, 0.4) is 0 Å². The van der Waals surface area contributed by atoms with Crippen LogP contribution >= 0.6 is 0 Å². The summed E-state index contributed by atoms with van der Waals surface area (Å²) < 4.78 is 46.6. The highest BCUT2D eigenvalue weighted by atomic mass is 32.2. The molecule has 0 saturated carbocycles. The zero-order chi connectivity index (χ0) is 75.7. The van der Waals surface area contributed by atoms with Crippen molar-refractivity contribution in [2.75, 3.05) is 112 Å². The van der Waals surface area contributed by atoms with Crippen molar-refractivity contribution in [2.24, 2.45) is 47.2 Å². The number of nitriles is 4. The van der Waals surface area contributed by atoms with Crippen LogP contribution in [0.4, 0.5) is 14.4 Å². The lowest BCUT2D eigenvalue weighted by atomic mass is 9.97. The molecule has 6 aliphatic rings. The Morgan fingerprint density at radius 2 is 0.970 bits per heavy atom. The van der Waals surface area contributed by atoms with E-state index >= 15 is 0 Å². The second-order valence-electron chi connectivity index (χ2n) is 28.7. The van der Waals surface area contributed by atoms with Gasteiger partial charge in [0.2, 0.25) is 15.9 Å². The molecule has 9 rings (SSSR count). The van der Waals surface area contributed by atoms with E-state index in [0.29, 0.717) is 101 Å². The van der Waals surface area contributed by atoms with Crippen LogP contribution in [0.2, 0.25) is 0 Å². The summed E-state index contributed by atoms with van der Waals surface area (Å²) in [6.45, 7) is 34.7. The van der Waals surface area contributed by atoms with Gasteiger partial charge in [0.15, 0.2) is 18.6 Å². The SMILES string of the molecule is CC(C)(C)OC(=O)N1CC(C#N)C1.CC(C)(C)OC(=O)N1CC(CN)C1.CC(C)(C)OC(=O)N1CC(O)C1.CC(C)C(=O)OCc1ccccc1.CC[C@H](C)[C@H](NC)C(=O)NCC1CN(C#N)C1.N#CN1CC(CNC(=O)c2ccccc2)C1.N#CN1CC(CNS(=O)(=O)c2ccccc2)C1.